The normalized spacial score (nSPS) is 10.7. The van der Waals surface area contributed by atoms with Crippen molar-refractivity contribution in [3.63, 3.8) is 0 Å². The highest BCUT2D eigenvalue weighted by atomic mass is 16.5. The predicted molar refractivity (Wildman–Crippen MR) is 70.5 cm³/mol. The van der Waals surface area contributed by atoms with E-state index in [1.54, 1.807) is 7.11 Å². The average Bonchev–Trinajstić information content (AvgIpc) is 2.79. The van der Waals surface area contributed by atoms with Crippen LogP contribution < -0.4 is 4.74 Å². The van der Waals surface area contributed by atoms with Crippen LogP contribution in [-0.2, 0) is 20.1 Å². The van der Waals surface area contributed by atoms with E-state index in [9.17, 15) is 0 Å². The Hall–Kier alpha value is -1.81. The molecule has 18 heavy (non-hydrogen) atoms. The summed E-state index contributed by atoms with van der Waals surface area (Å²) >= 11 is 0. The van der Waals surface area contributed by atoms with Crippen LogP contribution in [0.15, 0.2) is 24.4 Å². The first-order valence-electron chi connectivity index (χ1n) is 6.00. The molecular weight excluding hydrogens is 228 g/mol. The molecule has 0 fully saturated rings. The van der Waals surface area contributed by atoms with Gasteiger partial charge in [-0.25, -0.2) is 4.98 Å². The number of imidazole rings is 1. The minimum absolute atomic E-state index is 0.0520. The second kappa shape index (κ2) is 5.23. The summed E-state index contributed by atoms with van der Waals surface area (Å²) in [7, 11) is 3.57. The van der Waals surface area contributed by atoms with E-state index >= 15 is 0 Å². The van der Waals surface area contributed by atoms with Gasteiger partial charge >= 0.3 is 0 Å². The molecule has 1 N–H and O–H groups in total. The fourth-order valence-electron chi connectivity index (χ4n) is 2.00. The van der Waals surface area contributed by atoms with Gasteiger partial charge in [-0.05, 0) is 24.1 Å². The van der Waals surface area contributed by atoms with E-state index in [2.05, 4.69) is 24.0 Å². The van der Waals surface area contributed by atoms with Crippen LogP contribution in [0.2, 0.25) is 0 Å². The van der Waals surface area contributed by atoms with Gasteiger partial charge in [-0.1, -0.05) is 13.0 Å². The van der Waals surface area contributed by atoms with Gasteiger partial charge in [0.15, 0.2) is 0 Å². The minimum atomic E-state index is -0.0520. The summed E-state index contributed by atoms with van der Waals surface area (Å²) in [6.45, 7) is 2.06. The molecule has 0 aliphatic heterocycles. The maximum atomic E-state index is 9.14. The Kier molecular flexibility index (Phi) is 3.67. The van der Waals surface area contributed by atoms with Gasteiger partial charge in [-0.3, -0.25) is 0 Å². The molecule has 96 valence electrons. The van der Waals surface area contributed by atoms with Crippen molar-refractivity contribution in [2.45, 2.75) is 20.0 Å². The SMILES string of the molecule is CCc1ccc(OC)c(-c2nc(CO)cn2C)c1. The quantitative estimate of drug-likeness (QED) is 0.899. The number of rotatable bonds is 4. The standard InChI is InChI=1S/C14H18N2O2/c1-4-10-5-6-13(18-3)12(7-10)14-15-11(9-17)8-16(14)2/h5-8,17H,4,9H2,1-3H3. The van der Waals surface area contributed by atoms with Gasteiger partial charge in [0.2, 0.25) is 0 Å². The molecule has 2 rings (SSSR count). The molecule has 1 aromatic carbocycles. The van der Waals surface area contributed by atoms with Crippen LogP contribution in [0.3, 0.4) is 0 Å². The van der Waals surface area contributed by atoms with Gasteiger partial charge in [-0.15, -0.1) is 0 Å². The molecule has 0 saturated heterocycles. The number of hydrogen-bond acceptors (Lipinski definition) is 3. The molecule has 0 amide bonds. The summed E-state index contributed by atoms with van der Waals surface area (Å²) < 4.78 is 7.29. The summed E-state index contributed by atoms with van der Waals surface area (Å²) in [5.74, 6) is 1.61. The second-order valence-corrected chi connectivity index (χ2v) is 4.21. The molecule has 4 heteroatoms. The Bertz CT molecular complexity index is 547. The summed E-state index contributed by atoms with van der Waals surface area (Å²) in [6, 6.07) is 6.10. The Labute approximate surface area is 107 Å². The number of ether oxygens (including phenoxy) is 1. The molecule has 2 aromatic rings. The van der Waals surface area contributed by atoms with E-state index in [-0.39, 0.29) is 6.61 Å². The highest BCUT2D eigenvalue weighted by Crippen LogP contribution is 2.30. The highest BCUT2D eigenvalue weighted by Gasteiger charge is 2.13. The molecule has 0 spiro atoms. The molecule has 0 saturated carbocycles. The molecule has 0 radical (unpaired) electrons. The predicted octanol–water partition coefficient (Wildman–Crippen LogP) is 2.15. The van der Waals surface area contributed by atoms with Gasteiger partial charge in [-0.2, -0.15) is 0 Å². The van der Waals surface area contributed by atoms with E-state index in [1.165, 1.54) is 5.56 Å². The Morgan fingerprint density at radius 2 is 2.17 bits per heavy atom. The number of aliphatic hydroxyl groups excluding tert-OH is 1. The third-order valence-corrected chi connectivity index (χ3v) is 3.00. The lowest BCUT2D eigenvalue weighted by atomic mass is 10.1. The van der Waals surface area contributed by atoms with E-state index in [0.29, 0.717) is 5.69 Å². The van der Waals surface area contributed by atoms with Crippen LogP contribution in [0.1, 0.15) is 18.2 Å². The van der Waals surface area contributed by atoms with Crippen molar-refractivity contribution in [2.24, 2.45) is 7.05 Å². The number of aliphatic hydroxyl groups is 1. The van der Waals surface area contributed by atoms with Crippen molar-refractivity contribution >= 4 is 0 Å². The van der Waals surface area contributed by atoms with Gasteiger partial charge in [0.25, 0.3) is 0 Å². The van der Waals surface area contributed by atoms with Crippen LogP contribution in [0.25, 0.3) is 11.4 Å². The lowest BCUT2D eigenvalue weighted by Crippen LogP contribution is -1.96. The molecule has 0 aliphatic carbocycles. The zero-order valence-corrected chi connectivity index (χ0v) is 11.0. The number of aryl methyl sites for hydroxylation is 2. The molecule has 0 bridgehead atoms. The molecule has 0 aliphatic rings. The van der Waals surface area contributed by atoms with Crippen LogP contribution in [0, 0.1) is 0 Å². The molecule has 1 heterocycles. The van der Waals surface area contributed by atoms with Crippen molar-refractivity contribution in [1.82, 2.24) is 9.55 Å². The topological polar surface area (TPSA) is 47.3 Å². The van der Waals surface area contributed by atoms with Crippen LogP contribution in [0.5, 0.6) is 5.75 Å². The van der Waals surface area contributed by atoms with E-state index in [1.807, 2.05) is 23.9 Å². The maximum Gasteiger partial charge on any atom is 0.143 e. The maximum absolute atomic E-state index is 9.14. The number of methoxy groups -OCH3 is 1. The Morgan fingerprint density at radius 3 is 2.72 bits per heavy atom. The monoisotopic (exact) mass is 246 g/mol. The Morgan fingerprint density at radius 1 is 1.39 bits per heavy atom. The third kappa shape index (κ3) is 2.24. The number of nitrogens with zero attached hydrogens (tertiary/aromatic N) is 2. The second-order valence-electron chi connectivity index (χ2n) is 4.21. The van der Waals surface area contributed by atoms with E-state index < -0.39 is 0 Å². The zero-order valence-electron chi connectivity index (χ0n) is 11.0. The first-order chi connectivity index (χ1) is 8.69. The van der Waals surface area contributed by atoms with Gasteiger partial charge < -0.3 is 14.4 Å². The van der Waals surface area contributed by atoms with Crippen molar-refractivity contribution in [1.29, 1.82) is 0 Å². The zero-order chi connectivity index (χ0) is 13.1. The summed E-state index contributed by atoms with van der Waals surface area (Å²) in [6.07, 6.45) is 2.79. The lowest BCUT2D eigenvalue weighted by Gasteiger charge is -2.10. The van der Waals surface area contributed by atoms with Crippen molar-refractivity contribution in [3.8, 4) is 17.1 Å². The van der Waals surface area contributed by atoms with Crippen molar-refractivity contribution < 1.29 is 9.84 Å². The fraction of sp³-hybridized carbons (Fsp3) is 0.357. The molecular formula is C14H18N2O2. The molecule has 4 nitrogen and oxygen atoms in total. The van der Waals surface area contributed by atoms with Crippen LogP contribution >= 0.6 is 0 Å². The van der Waals surface area contributed by atoms with Crippen molar-refractivity contribution in [3.05, 3.63) is 35.7 Å². The van der Waals surface area contributed by atoms with Crippen LogP contribution in [-0.4, -0.2) is 21.8 Å². The summed E-state index contributed by atoms with van der Waals surface area (Å²) in [4.78, 5) is 4.42. The molecule has 1 aromatic heterocycles. The smallest absolute Gasteiger partial charge is 0.143 e. The van der Waals surface area contributed by atoms with Gasteiger partial charge in [0.1, 0.15) is 11.6 Å². The van der Waals surface area contributed by atoms with E-state index in [0.717, 1.165) is 23.6 Å². The molecule has 0 unspecified atom stereocenters. The minimum Gasteiger partial charge on any atom is -0.496 e. The largest absolute Gasteiger partial charge is 0.496 e. The third-order valence-electron chi connectivity index (χ3n) is 3.00. The first-order valence-corrected chi connectivity index (χ1v) is 6.00. The number of benzene rings is 1. The number of hydrogen-bond donors (Lipinski definition) is 1. The van der Waals surface area contributed by atoms with Crippen LogP contribution in [0.4, 0.5) is 0 Å². The van der Waals surface area contributed by atoms with E-state index in [4.69, 9.17) is 9.84 Å². The molecule has 0 atom stereocenters. The highest BCUT2D eigenvalue weighted by molar-refractivity contribution is 5.66. The fourth-order valence-corrected chi connectivity index (χ4v) is 2.00. The van der Waals surface area contributed by atoms with Gasteiger partial charge in [0.05, 0.1) is 25.0 Å². The average molecular weight is 246 g/mol. The first kappa shape index (κ1) is 12.6. The Balaban J connectivity index is 2.56. The summed E-state index contributed by atoms with van der Waals surface area (Å²) in [5, 5.41) is 9.14. The van der Waals surface area contributed by atoms with Gasteiger partial charge in [0, 0.05) is 13.2 Å². The van der Waals surface area contributed by atoms with Crippen molar-refractivity contribution in [2.75, 3.05) is 7.11 Å². The number of aromatic nitrogens is 2. The summed E-state index contributed by atoms with van der Waals surface area (Å²) in [5.41, 5.74) is 2.86. The lowest BCUT2D eigenvalue weighted by molar-refractivity contribution is 0.277.